The molecule has 1 aliphatic carbocycles. The van der Waals surface area contributed by atoms with Gasteiger partial charge in [-0.1, -0.05) is 26.8 Å². The van der Waals surface area contributed by atoms with Crippen LogP contribution < -0.4 is 5.32 Å². The minimum absolute atomic E-state index is 0.00378. The van der Waals surface area contributed by atoms with Crippen LogP contribution in [0.25, 0.3) is 0 Å². The highest BCUT2D eigenvalue weighted by Gasteiger charge is 2.58. The molecule has 0 bridgehead atoms. The number of rotatable bonds is 5. The molecule has 0 radical (unpaired) electrons. The van der Waals surface area contributed by atoms with E-state index in [1.165, 1.54) is 6.92 Å². The Morgan fingerprint density at radius 1 is 1.35 bits per heavy atom. The molecule has 1 heterocycles. The summed E-state index contributed by atoms with van der Waals surface area (Å²) in [5.41, 5.74) is -0.897. The van der Waals surface area contributed by atoms with Crippen molar-refractivity contribution >= 4 is 17.6 Å². The molecule has 5 heteroatoms. The highest BCUT2D eigenvalue weighted by molar-refractivity contribution is 5.97. The summed E-state index contributed by atoms with van der Waals surface area (Å²) in [6, 6.07) is -0.452. The number of hydrogen-bond acceptors (Lipinski definition) is 3. The highest BCUT2D eigenvalue weighted by Crippen LogP contribution is 2.45. The molecular weight excluding hydrogens is 292 g/mol. The van der Waals surface area contributed by atoms with Crippen molar-refractivity contribution < 1.29 is 14.4 Å². The van der Waals surface area contributed by atoms with Crippen molar-refractivity contribution in [2.24, 2.45) is 11.3 Å². The van der Waals surface area contributed by atoms with Crippen molar-refractivity contribution in [3.8, 4) is 0 Å². The maximum absolute atomic E-state index is 12.7. The molecule has 3 atom stereocenters. The minimum Gasteiger partial charge on any atom is -0.341 e. The van der Waals surface area contributed by atoms with Gasteiger partial charge in [0, 0.05) is 18.9 Å². The molecule has 2 aliphatic rings. The van der Waals surface area contributed by atoms with Crippen LogP contribution in [0.15, 0.2) is 12.7 Å². The van der Waals surface area contributed by atoms with E-state index in [0.29, 0.717) is 25.8 Å². The molecular formula is C18H28N2O3. The Morgan fingerprint density at radius 3 is 2.48 bits per heavy atom. The monoisotopic (exact) mass is 320 g/mol. The number of nitrogens with zero attached hydrogens (tertiary/aromatic N) is 1. The van der Waals surface area contributed by atoms with Crippen LogP contribution in [-0.4, -0.2) is 40.6 Å². The molecule has 1 saturated heterocycles. The van der Waals surface area contributed by atoms with Crippen LogP contribution in [0.5, 0.6) is 0 Å². The number of nitrogens with one attached hydrogen (secondary N) is 1. The van der Waals surface area contributed by atoms with Crippen molar-refractivity contribution in [3.05, 3.63) is 12.7 Å². The van der Waals surface area contributed by atoms with E-state index in [1.54, 1.807) is 11.0 Å². The summed E-state index contributed by atoms with van der Waals surface area (Å²) >= 11 is 0. The molecule has 1 aliphatic heterocycles. The smallest absolute Gasteiger partial charge is 0.243 e. The maximum atomic E-state index is 12.7. The van der Waals surface area contributed by atoms with Crippen molar-refractivity contribution in [2.75, 3.05) is 6.54 Å². The summed E-state index contributed by atoms with van der Waals surface area (Å²) < 4.78 is 0. The quantitative estimate of drug-likeness (QED) is 0.789. The number of ketones is 1. The molecule has 0 aromatic carbocycles. The number of likely N-dealkylation sites (tertiary alicyclic amines) is 1. The first-order valence-corrected chi connectivity index (χ1v) is 8.36. The molecule has 23 heavy (non-hydrogen) atoms. The summed E-state index contributed by atoms with van der Waals surface area (Å²) in [5, 5.41) is 2.90. The van der Waals surface area contributed by atoms with Gasteiger partial charge in [0.2, 0.25) is 11.8 Å². The number of Topliss-reactive ketones (excluding diaryl/α,β-unsaturated/α-hetero) is 1. The van der Waals surface area contributed by atoms with Crippen LogP contribution in [-0.2, 0) is 14.4 Å². The first-order valence-electron chi connectivity index (χ1n) is 8.36. The molecule has 0 spiro atoms. The van der Waals surface area contributed by atoms with Gasteiger partial charge in [-0.25, -0.2) is 0 Å². The molecule has 2 amide bonds. The van der Waals surface area contributed by atoms with Gasteiger partial charge in [0.25, 0.3) is 0 Å². The minimum atomic E-state index is -0.791. The lowest BCUT2D eigenvalue weighted by molar-refractivity contribution is -0.140. The second kappa shape index (κ2) is 6.10. The SMILES string of the molecule is C=C[C@@H]1C[C@]1(NC(=O)[C@@H]1CCCN1C(=O)CC(C)(C)C)C(C)=O. The summed E-state index contributed by atoms with van der Waals surface area (Å²) in [5.74, 6) is -0.224. The van der Waals surface area contributed by atoms with Crippen molar-refractivity contribution in [2.45, 2.75) is 65.0 Å². The average molecular weight is 320 g/mol. The Bertz CT molecular complexity index is 535. The second-order valence-electron chi connectivity index (χ2n) is 8.05. The summed E-state index contributed by atoms with van der Waals surface area (Å²) in [4.78, 5) is 38.7. The Balaban J connectivity index is 2.05. The largest absolute Gasteiger partial charge is 0.341 e. The molecule has 128 valence electrons. The third-order valence-electron chi connectivity index (χ3n) is 4.83. The Hall–Kier alpha value is -1.65. The van der Waals surface area contributed by atoms with Crippen molar-refractivity contribution in [3.63, 3.8) is 0 Å². The zero-order valence-corrected chi connectivity index (χ0v) is 14.6. The molecule has 0 aromatic rings. The van der Waals surface area contributed by atoms with Gasteiger partial charge in [0.15, 0.2) is 5.78 Å². The van der Waals surface area contributed by atoms with E-state index in [9.17, 15) is 14.4 Å². The van der Waals surface area contributed by atoms with E-state index in [0.717, 1.165) is 6.42 Å². The van der Waals surface area contributed by atoms with E-state index in [2.05, 4.69) is 11.9 Å². The van der Waals surface area contributed by atoms with E-state index in [4.69, 9.17) is 0 Å². The Morgan fingerprint density at radius 2 is 2.00 bits per heavy atom. The average Bonchev–Trinajstić information content (AvgIpc) is 2.92. The maximum Gasteiger partial charge on any atom is 0.243 e. The van der Waals surface area contributed by atoms with Crippen LogP contribution in [0.3, 0.4) is 0 Å². The normalized spacial score (nSPS) is 30.0. The first-order chi connectivity index (χ1) is 10.6. The first kappa shape index (κ1) is 17.7. The second-order valence-corrected chi connectivity index (χ2v) is 8.05. The molecule has 2 fully saturated rings. The van der Waals surface area contributed by atoms with Gasteiger partial charge in [-0.3, -0.25) is 14.4 Å². The van der Waals surface area contributed by atoms with E-state index >= 15 is 0 Å². The Labute approximate surface area is 138 Å². The molecule has 5 nitrogen and oxygen atoms in total. The predicted octanol–water partition coefficient (Wildman–Crippen LogP) is 2.06. The third kappa shape index (κ3) is 3.65. The van der Waals surface area contributed by atoms with E-state index in [-0.39, 0.29) is 28.9 Å². The van der Waals surface area contributed by atoms with Crippen LogP contribution in [0, 0.1) is 11.3 Å². The topological polar surface area (TPSA) is 66.5 Å². The molecule has 2 rings (SSSR count). The van der Waals surface area contributed by atoms with Gasteiger partial charge in [-0.15, -0.1) is 6.58 Å². The van der Waals surface area contributed by atoms with Gasteiger partial charge < -0.3 is 10.2 Å². The zero-order valence-electron chi connectivity index (χ0n) is 14.6. The van der Waals surface area contributed by atoms with Crippen LogP contribution in [0.1, 0.15) is 53.4 Å². The number of amides is 2. The fourth-order valence-corrected chi connectivity index (χ4v) is 3.41. The van der Waals surface area contributed by atoms with Crippen LogP contribution in [0.2, 0.25) is 0 Å². The van der Waals surface area contributed by atoms with Crippen LogP contribution >= 0.6 is 0 Å². The van der Waals surface area contributed by atoms with Crippen molar-refractivity contribution in [1.29, 1.82) is 0 Å². The van der Waals surface area contributed by atoms with Crippen LogP contribution in [0.4, 0.5) is 0 Å². The molecule has 1 saturated carbocycles. The zero-order chi connectivity index (χ0) is 17.4. The van der Waals surface area contributed by atoms with Gasteiger partial charge in [0.1, 0.15) is 11.6 Å². The Kier molecular flexibility index (Phi) is 4.69. The number of carbonyl (C=O) groups excluding carboxylic acids is 3. The lowest BCUT2D eigenvalue weighted by atomic mass is 9.91. The highest BCUT2D eigenvalue weighted by atomic mass is 16.2. The predicted molar refractivity (Wildman–Crippen MR) is 88.7 cm³/mol. The van der Waals surface area contributed by atoms with Gasteiger partial charge >= 0.3 is 0 Å². The molecule has 0 unspecified atom stereocenters. The van der Waals surface area contributed by atoms with E-state index in [1.807, 2.05) is 20.8 Å². The number of carbonyl (C=O) groups is 3. The standard InChI is InChI=1S/C18H28N2O3/c1-6-13-10-18(13,12(2)21)19-16(23)14-8-7-9-20(14)15(22)11-17(3,4)5/h6,13-14H,1,7-11H2,2-5H3,(H,19,23)/t13-,14+,18+/m1/s1. The van der Waals surface area contributed by atoms with Gasteiger partial charge in [0.05, 0.1) is 0 Å². The summed E-state index contributed by atoms with van der Waals surface area (Å²) in [7, 11) is 0. The fraction of sp³-hybridized carbons (Fsp3) is 0.722. The lowest BCUT2D eigenvalue weighted by Crippen LogP contribution is -2.52. The fourth-order valence-electron chi connectivity index (χ4n) is 3.41. The summed E-state index contributed by atoms with van der Waals surface area (Å²) in [6.07, 6.45) is 4.24. The van der Waals surface area contributed by atoms with Gasteiger partial charge in [-0.2, -0.15) is 0 Å². The number of hydrogen-bond donors (Lipinski definition) is 1. The molecule has 1 N–H and O–H groups in total. The third-order valence-corrected chi connectivity index (χ3v) is 4.83. The van der Waals surface area contributed by atoms with E-state index < -0.39 is 11.6 Å². The van der Waals surface area contributed by atoms with Crippen molar-refractivity contribution in [1.82, 2.24) is 10.2 Å². The molecule has 0 aromatic heterocycles. The lowest BCUT2D eigenvalue weighted by Gasteiger charge is -2.28. The van der Waals surface area contributed by atoms with Gasteiger partial charge in [-0.05, 0) is 31.6 Å². The summed E-state index contributed by atoms with van der Waals surface area (Å²) in [6.45, 7) is 11.9.